The number of amides is 1. The molecule has 1 saturated heterocycles. The number of carbonyl (C=O) groups is 1. The first-order valence-corrected chi connectivity index (χ1v) is 7.82. The van der Waals surface area contributed by atoms with Gasteiger partial charge >= 0.3 is 0 Å². The van der Waals surface area contributed by atoms with Crippen molar-refractivity contribution in [2.24, 2.45) is 0 Å². The van der Waals surface area contributed by atoms with Gasteiger partial charge in [-0.05, 0) is 37.3 Å². The molecule has 0 unspecified atom stereocenters. The predicted octanol–water partition coefficient (Wildman–Crippen LogP) is 3.34. The van der Waals surface area contributed by atoms with Crippen molar-refractivity contribution in [3.63, 3.8) is 0 Å². The van der Waals surface area contributed by atoms with Crippen LogP contribution in [0.1, 0.15) is 23.2 Å². The van der Waals surface area contributed by atoms with Gasteiger partial charge in [-0.1, -0.05) is 11.6 Å². The van der Waals surface area contributed by atoms with Crippen LogP contribution in [-0.2, 0) is 0 Å². The van der Waals surface area contributed by atoms with E-state index < -0.39 is 10.6 Å². The molecule has 0 saturated carbocycles. The van der Waals surface area contributed by atoms with E-state index in [1.807, 2.05) is 6.26 Å². The summed E-state index contributed by atoms with van der Waals surface area (Å²) in [6.45, 7) is 1.03. The second-order valence-corrected chi connectivity index (χ2v) is 6.32. The van der Waals surface area contributed by atoms with Gasteiger partial charge in [-0.15, -0.1) is 11.8 Å². The molecule has 0 atom stereocenters. The zero-order chi connectivity index (χ0) is 14.8. The fourth-order valence-electron chi connectivity index (χ4n) is 2.27. The molecule has 0 N–H and O–H groups in total. The number of piperidine rings is 1. The molecule has 0 aliphatic carbocycles. The Kier molecular flexibility index (Phi) is 4.56. The first-order valence-electron chi connectivity index (χ1n) is 6.22. The lowest BCUT2D eigenvalue weighted by molar-refractivity contribution is 0.0716. The molecule has 0 bridgehead atoms. The van der Waals surface area contributed by atoms with Crippen LogP contribution in [0.25, 0.3) is 0 Å². The molecule has 20 heavy (non-hydrogen) atoms. The van der Waals surface area contributed by atoms with Crippen molar-refractivity contribution in [1.29, 1.82) is 5.26 Å². The molecular weight excluding hydrogens is 299 g/mol. The van der Waals surface area contributed by atoms with Crippen molar-refractivity contribution in [3.8, 4) is 6.07 Å². The lowest BCUT2D eigenvalue weighted by Gasteiger charge is -2.36. The third kappa shape index (κ3) is 2.92. The van der Waals surface area contributed by atoms with Gasteiger partial charge in [-0.3, -0.25) is 4.79 Å². The highest BCUT2D eigenvalue weighted by molar-refractivity contribution is 8.00. The molecule has 3 nitrogen and oxygen atoms in total. The van der Waals surface area contributed by atoms with Crippen molar-refractivity contribution < 1.29 is 9.18 Å². The number of hydrogen-bond acceptors (Lipinski definition) is 3. The first kappa shape index (κ1) is 15.1. The Bertz CT molecular complexity index is 565. The maximum absolute atomic E-state index is 13.0. The molecule has 1 aliphatic rings. The molecule has 106 valence electrons. The van der Waals surface area contributed by atoms with Crippen LogP contribution in [0.2, 0.25) is 5.02 Å². The molecule has 1 aliphatic heterocycles. The van der Waals surface area contributed by atoms with Crippen molar-refractivity contribution in [1.82, 2.24) is 4.90 Å². The van der Waals surface area contributed by atoms with E-state index in [1.165, 1.54) is 23.9 Å². The van der Waals surface area contributed by atoms with Crippen LogP contribution in [0.5, 0.6) is 0 Å². The molecule has 6 heteroatoms. The SMILES string of the molecule is CSC1(C#N)CCN(C(=O)c2ccc(F)cc2Cl)CC1. The van der Waals surface area contributed by atoms with E-state index in [2.05, 4.69) is 6.07 Å². The molecule has 1 aromatic rings. The van der Waals surface area contributed by atoms with Crippen LogP contribution in [0, 0.1) is 17.1 Å². The molecule has 2 rings (SSSR count). The molecule has 0 aromatic heterocycles. The summed E-state index contributed by atoms with van der Waals surface area (Å²) in [5.41, 5.74) is 0.307. The molecule has 0 radical (unpaired) electrons. The maximum atomic E-state index is 13.0. The van der Waals surface area contributed by atoms with Crippen LogP contribution >= 0.6 is 23.4 Å². The smallest absolute Gasteiger partial charge is 0.255 e. The number of likely N-dealkylation sites (tertiary alicyclic amines) is 1. The van der Waals surface area contributed by atoms with E-state index in [-0.39, 0.29) is 10.9 Å². The van der Waals surface area contributed by atoms with Gasteiger partial charge in [0.05, 0.1) is 16.7 Å². The Morgan fingerprint density at radius 2 is 2.15 bits per heavy atom. The summed E-state index contributed by atoms with van der Waals surface area (Å²) in [4.78, 5) is 14.0. The number of benzene rings is 1. The van der Waals surface area contributed by atoms with Gasteiger partial charge in [0.15, 0.2) is 0 Å². The number of thioether (sulfide) groups is 1. The molecule has 1 amide bonds. The summed E-state index contributed by atoms with van der Waals surface area (Å²) in [6.07, 6.45) is 3.18. The average molecular weight is 313 g/mol. The molecule has 1 fully saturated rings. The fourth-order valence-corrected chi connectivity index (χ4v) is 3.20. The fraction of sp³-hybridized carbons (Fsp3) is 0.429. The number of hydrogen-bond donors (Lipinski definition) is 0. The Labute approximate surface area is 126 Å². The van der Waals surface area contributed by atoms with Crippen molar-refractivity contribution in [3.05, 3.63) is 34.6 Å². The second-order valence-electron chi connectivity index (χ2n) is 4.73. The third-order valence-corrected chi connectivity index (χ3v) is 5.21. The Morgan fingerprint density at radius 1 is 1.50 bits per heavy atom. The van der Waals surface area contributed by atoms with Gasteiger partial charge in [0.25, 0.3) is 5.91 Å². The van der Waals surface area contributed by atoms with Gasteiger partial charge in [-0.2, -0.15) is 5.26 Å². The van der Waals surface area contributed by atoms with Crippen LogP contribution < -0.4 is 0 Å². The number of nitrogens with zero attached hydrogens (tertiary/aromatic N) is 2. The zero-order valence-electron chi connectivity index (χ0n) is 11.0. The van der Waals surface area contributed by atoms with Crippen LogP contribution in [0.3, 0.4) is 0 Å². The van der Waals surface area contributed by atoms with E-state index in [9.17, 15) is 14.4 Å². The normalized spacial score (nSPS) is 17.6. The van der Waals surface area contributed by atoms with E-state index in [4.69, 9.17) is 11.6 Å². The van der Waals surface area contributed by atoms with Gasteiger partial charge in [-0.25, -0.2) is 4.39 Å². The van der Waals surface area contributed by atoms with Gasteiger partial charge in [0.1, 0.15) is 10.6 Å². The van der Waals surface area contributed by atoms with E-state index in [0.29, 0.717) is 31.5 Å². The van der Waals surface area contributed by atoms with E-state index in [0.717, 1.165) is 6.07 Å². The van der Waals surface area contributed by atoms with Crippen molar-refractivity contribution in [2.75, 3.05) is 19.3 Å². The standard InChI is InChI=1S/C14H14ClFN2OS/c1-20-14(9-17)4-6-18(7-5-14)13(19)11-3-2-10(16)8-12(11)15/h2-3,8H,4-7H2,1H3. The topological polar surface area (TPSA) is 44.1 Å². The second kappa shape index (κ2) is 6.02. The highest BCUT2D eigenvalue weighted by Crippen LogP contribution is 2.34. The number of rotatable bonds is 2. The lowest BCUT2D eigenvalue weighted by Crippen LogP contribution is -2.44. The number of carbonyl (C=O) groups excluding carboxylic acids is 1. The van der Waals surface area contributed by atoms with Gasteiger partial charge in [0, 0.05) is 13.1 Å². The van der Waals surface area contributed by atoms with Gasteiger partial charge < -0.3 is 4.90 Å². The summed E-state index contributed by atoms with van der Waals surface area (Å²) in [5, 5.41) is 9.34. The van der Waals surface area contributed by atoms with Crippen LogP contribution in [-0.4, -0.2) is 34.9 Å². The minimum atomic E-state index is -0.462. The summed E-state index contributed by atoms with van der Waals surface area (Å²) < 4.78 is 12.6. The Hall–Kier alpha value is -1.25. The van der Waals surface area contributed by atoms with E-state index in [1.54, 1.807) is 4.90 Å². The minimum Gasteiger partial charge on any atom is -0.338 e. The molecule has 0 spiro atoms. The average Bonchev–Trinajstić information content (AvgIpc) is 2.47. The zero-order valence-corrected chi connectivity index (χ0v) is 12.6. The summed E-state index contributed by atoms with van der Waals surface area (Å²) in [7, 11) is 0. The highest BCUT2D eigenvalue weighted by atomic mass is 35.5. The van der Waals surface area contributed by atoms with Crippen LogP contribution in [0.4, 0.5) is 4.39 Å². The maximum Gasteiger partial charge on any atom is 0.255 e. The number of halogens is 2. The lowest BCUT2D eigenvalue weighted by atomic mass is 9.96. The molecule has 1 aromatic carbocycles. The Balaban J connectivity index is 2.11. The van der Waals surface area contributed by atoms with Gasteiger partial charge in [0.2, 0.25) is 0 Å². The third-order valence-electron chi connectivity index (χ3n) is 3.61. The quantitative estimate of drug-likeness (QED) is 0.841. The molecular formula is C14H14ClFN2OS. The summed E-state index contributed by atoms with van der Waals surface area (Å²) in [6, 6.07) is 6.10. The summed E-state index contributed by atoms with van der Waals surface area (Å²) >= 11 is 7.44. The largest absolute Gasteiger partial charge is 0.338 e. The number of nitriles is 1. The van der Waals surface area contributed by atoms with Crippen molar-refractivity contribution >= 4 is 29.3 Å². The highest BCUT2D eigenvalue weighted by Gasteiger charge is 2.35. The van der Waals surface area contributed by atoms with Crippen LogP contribution in [0.15, 0.2) is 18.2 Å². The minimum absolute atomic E-state index is 0.122. The predicted molar refractivity (Wildman–Crippen MR) is 78.4 cm³/mol. The van der Waals surface area contributed by atoms with Crippen molar-refractivity contribution in [2.45, 2.75) is 17.6 Å². The van der Waals surface area contributed by atoms with E-state index >= 15 is 0 Å². The Morgan fingerprint density at radius 3 is 2.65 bits per heavy atom. The summed E-state index contributed by atoms with van der Waals surface area (Å²) in [5.74, 6) is -0.668. The molecule has 1 heterocycles. The monoisotopic (exact) mass is 312 g/mol. The first-order chi connectivity index (χ1) is 9.51.